The molecule has 0 aliphatic carbocycles. The molecule has 0 bridgehead atoms. The van der Waals surface area contributed by atoms with Crippen molar-refractivity contribution in [2.75, 3.05) is 13.1 Å². The van der Waals surface area contributed by atoms with Crippen molar-refractivity contribution in [2.24, 2.45) is 0 Å². The van der Waals surface area contributed by atoms with Crippen LogP contribution in [0.1, 0.15) is 38.1 Å². The molecule has 4 nitrogen and oxygen atoms in total. The molecule has 1 amide bonds. The second kappa shape index (κ2) is 5.28. The molecule has 3 rings (SSSR count). The van der Waals surface area contributed by atoms with Crippen LogP contribution in [0.4, 0.5) is 8.78 Å². The first-order chi connectivity index (χ1) is 10.6. The van der Waals surface area contributed by atoms with Gasteiger partial charge in [-0.1, -0.05) is 6.07 Å². The summed E-state index contributed by atoms with van der Waals surface area (Å²) >= 11 is 0. The van der Waals surface area contributed by atoms with Gasteiger partial charge in [-0.15, -0.1) is 0 Å². The van der Waals surface area contributed by atoms with E-state index in [4.69, 9.17) is 9.31 Å². The van der Waals surface area contributed by atoms with E-state index in [0.29, 0.717) is 5.46 Å². The van der Waals surface area contributed by atoms with E-state index in [1.54, 1.807) is 6.07 Å². The molecule has 0 unspecified atom stereocenters. The minimum atomic E-state index is -1.01. The van der Waals surface area contributed by atoms with E-state index < -0.39 is 36.2 Å². The summed E-state index contributed by atoms with van der Waals surface area (Å²) in [5.41, 5.74) is -0.575. The zero-order valence-electron chi connectivity index (χ0n) is 13.7. The fourth-order valence-electron chi connectivity index (χ4n) is 2.59. The Morgan fingerprint density at radius 2 is 1.78 bits per heavy atom. The van der Waals surface area contributed by atoms with Crippen molar-refractivity contribution in [1.29, 1.82) is 0 Å². The van der Waals surface area contributed by atoms with E-state index in [0.717, 1.165) is 0 Å². The van der Waals surface area contributed by atoms with Crippen LogP contribution in [0.5, 0.6) is 0 Å². The molecule has 23 heavy (non-hydrogen) atoms. The predicted octanol–water partition coefficient (Wildman–Crippen LogP) is 1.92. The largest absolute Gasteiger partial charge is 0.494 e. The van der Waals surface area contributed by atoms with Crippen LogP contribution in [0.15, 0.2) is 18.2 Å². The highest BCUT2D eigenvalue weighted by Gasteiger charge is 2.51. The van der Waals surface area contributed by atoms with Crippen molar-refractivity contribution in [3.05, 3.63) is 29.6 Å². The van der Waals surface area contributed by atoms with E-state index in [2.05, 4.69) is 0 Å². The normalized spacial score (nSPS) is 23.0. The Hall–Kier alpha value is -1.47. The van der Waals surface area contributed by atoms with Gasteiger partial charge < -0.3 is 14.2 Å². The first-order valence-corrected chi connectivity index (χ1v) is 7.69. The van der Waals surface area contributed by atoms with Crippen molar-refractivity contribution in [2.45, 2.75) is 45.1 Å². The van der Waals surface area contributed by atoms with E-state index in [1.807, 2.05) is 27.7 Å². The Balaban J connectivity index is 1.79. The fourth-order valence-corrected chi connectivity index (χ4v) is 2.59. The Morgan fingerprint density at radius 3 is 2.26 bits per heavy atom. The zero-order chi connectivity index (χ0) is 17.0. The molecule has 1 aromatic rings. The highest BCUT2D eigenvalue weighted by Crippen LogP contribution is 2.36. The van der Waals surface area contributed by atoms with Crippen LogP contribution >= 0.6 is 0 Å². The van der Waals surface area contributed by atoms with Crippen molar-refractivity contribution >= 4 is 18.5 Å². The summed E-state index contributed by atoms with van der Waals surface area (Å²) in [6.45, 7) is 7.71. The SMILES string of the molecule is CC1(C)OB(c2ccc(C(=O)N3CC(F)C3)c(F)c2)OC1(C)C. The summed E-state index contributed by atoms with van der Waals surface area (Å²) in [5, 5.41) is 0. The Morgan fingerprint density at radius 1 is 1.22 bits per heavy atom. The van der Waals surface area contributed by atoms with Crippen molar-refractivity contribution in [3.8, 4) is 0 Å². The Kier molecular flexibility index (Phi) is 3.76. The average molecular weight is 323 g/mol. The molecule has 2 aliphatic rings. The molecule has 2 aliphatic heterocycles. The first-order valence-electron chi connectivity index (χ1n) is 7.69. The van der Waals surface area contributed by atoms with Gasteiger partial charge in [0, 0.05) is 0 Å². The van der Waals surface area contributed by atoms with E-state index in [1.165, 1.54) is 17.0 Å². The van der Waals surface area contributed by atoms with E-state index in [-0.39, 0.29) is 18.7 Å². The lowest BCUT2D eigenvalue weighted by atomic mass is 9.78. The number of hydrogen-bond donors (Lipinski definition) is 0. The fraction of sp³-hybridized carbons (Fsp3) is 0.562. The maximum absolute atomic E-state index is 14.3. The summed E-state index contributed by atoms with van der Waals surface area (Å²) < 4.78 is 38.9. The monoisotopic (exact) mass is 323 g/mol. The maximum Gasteiger partial charge on any atom is 0.494 e. The van der Waals surface area contributed by atoms with Gasteiger partial charge in [0.2, 0.25) is 0 Å². The molecular formula is C16H20BF2NO3. The molecule has 0 saturated carbocycles. The smallest absolute Gasteiger partial charge is 0.399 e. The number of halogens is 2. The van der Waals surface area contributed by atoms with Crippen molar-refractivity contribution in [1.82, 2.24) is 4.90 Å². The van der Waals surface area contributed by atoms with Gasteiger partial charge in [0.15, 0.2) is 0 Å². The topological polar surface area (TPSA) is 38.8 Å². The van der Waals surface area contributed by atoms with Gasteiger partial charge in [-0.2, -0.15) is 0 Å². The number of alkyl halides is 1. The molecule has 0 atom stereocenters. The molecule has 7 heteroatoms. The van der Waals surface area contributed by atoms with Crippen LogP contribution < -0.4 is 5.46 Å². The molecule has 1 aromatic carbocycles. The number of benzene rings is 1. The van der Waals surface area contributed by atoms with Gasteiger partial charge in [0.1, 0.15) is 12.0 Å². The quantitative estimate of drug-likeness (QED) is 0.781. The minimum absolute atomic E-state index is 0.0251. The molecule has 0 aromatic heterocycles. The second-order valence-corrected chi connectivity index (χ2v) is 7.13. The lowest BCUT2D eigenvalue weighted by Gasteiger charge is -2.34. The molecular weight excluding hydrogens is 303 g/mol. The summed E-state index contributed by atoms with van der Waals surface area (Å²) in [5.74, 6) is -1.14. The van der Waals surface area contributed by atoms with Crippen LogP contribution in [0, 0.1) is 5.82 Å². The van der Waals surface area contributed by atoms with Crippen molar-refractivity contribution in [3.63, 3.8) is 0 Å². The molecule has 2 saturated heterocycles. The third kappa shape index (κ3) is 2.76. The summed E-state index contributed by atoms with van der Waals surface area (Å²) in [7, 11) is -0.683. The molecule has 2 heterocycles. The molecule has 2 fully saturated rings. The van der Waals surface area contributed by atoms with Crippen LogP contribution in [0.25, 0.3) is 0 Å². The van der Waals surface area contributed by atoms with Crippen LogP contribution in [-0.4, -0.2) is 48.4 Å². The van der Waals surface area contributed by atoms with Gasteiger partial charge in [-0.25, -0.2) is 8.78 Å². The predicted molar refractivity (Wildman–Crippen MR) is 82.9 cm³/mol. The molecule has 0 radical (unpaired) electrons. The molecule has 124 valence electrons. The zero-order valence-corrected chi connectivity index (χ0v) is 13.7. The first kappa shape index (κ1) is 16.4. The average Bonchev–Trinajstić information content (AvgIpc) is 2.63. The second-order valence-electron chi connectivity index (χ2n) is 7.13. The van der Waals surface area contributed by atoms with Crippen LogP contribution in [0.2, 0.25) is 0 Å². The lowest BCUT2D eigenvalue weighted by Crippen LogP contribution is -2.51. The van der Waals surface area contributed by atoms with Gasteiger partial charge in [-0.3, -0.25) is 4.79 Å². The summed E-state index contributed by atoms with van der Waals surface area (Å²) in [6, 6.07) is 4.27. The Bertz CT molecular complexity index is 628. The number of hydrogen-bond acceptors (Lipinski definition) is 3. The third-order valence-electron chi connectivity index (χ3n) is 4.87. The third-order valence-corrected chi connectivity index (χ3v) is 4.87. The highest BCUT2D eigenvalue weighted by atomic mass is 19.1. The number of nitrogens with zero attached hydrogens (tertiary/aromatic N) is 1. The van der Waals surface area contributed by atoms with Crippen LogP contribution in [0.3, 0.4) is 0 Å². The number of carbonyl (C=O) groups is 1. The standard InChI is InChI=1S/C16H20BF2NO3/c1-15(2)16(3,4)23-17(22-15)10-5-6-12(13(19)7-10)14(21)20-8-11(18)9-20/h5-7,11H,8-9H2,1-4H3. The van der Waals surface area contributed by atoms with E-state index in [9.17, 15) is 13.6 Å². The Labute approximate surface area is 134 Å². The number of amides is 1. The van der Waals surface area contributed by atoms with E-state index >= 15 is 0 Å². The lowest BCUT2D eigenvalue weighted by molar-refractivity contribution is 0.00578. The van der Waals surface area contributed by atoms with Gasteiger partial charge >= 0.3 is 7.12 Å². The maximum atomic E-state index is 14.3. The van der Waals surface area contributed by atoms with Crippen LogP contribution in [-0.2, 0) is 9.31 Å². The molecule has 0 spiro atoms. The van der Waals surface area contributed by atoms with Gasteiger partial charge in [-0.05, 0) is 45.3 Å². The number of likely N-dealkylation sites (tertiary alicyclic amines) is 1. The van der Waals surface area contributed by atoms with Gasteiger partial charge in [0.05, 0.1) is 29.9 Å². The number of rotatable bonds is 2. The minimum Gasteiger partial charge on any atom is -0.399 e. The summed E-state index contributed by atoms with van der Waals surface area (Å²) in [6.07, 6.45) is -1.01. The highest BCUT2D eigenvalue weighted by molar-refractivity contribution is 6.62. The number of carbonyl (C=O) groups excluding carboxylic acids is 1. The van der Waals surface area contributed by atoms with Gasteiger partial charge in [0.25, 0.3) is 5.91 Å². The van der Waals surface area contributed by atoms with Crippen molar-refractivity contribution < 1.29 is 22.9 Å². The summed E-state index contributed by atoms with van der Waals surface area (Å²) in [4.78, 5) is 13.4. The molecule has 0 N–H and O–H groups in total.